The van der Waals surface area contributed by atoms with Crippen LogP contribution in [0.25, 0.3) is 0 Å². The number of thiophene rings is 1. The minimum atomic E-state index is -3.33. The van der Waals surface area contributed by atoms with E-state index in [1.165, 1.54) is 11.3 Å². The number of nitrogens with one attached hydrogen (secondary N) is 1. The summed E-state index contributed by atoms with van der Waals surface area (Å²) < 4.78 is 27.6. The van der Waals surface area contributed by atoms with Crippen molar-refractivity contribution >= 4 is 33.1 Å². The van der Waals surface area contributed by atoms with Crippen molar-refractivity contribution in [3.8, 4) is 0 Å². The van der Waals surface area contributed by atoms with Gasteiger partial charge >= 0.3 is 0 Å². The maximum Gasteiger partial charge on any atom is 0.252 e. The Morgan fingerprint density at radius 1 is 1.40 bits per heavy atom. The SMILES string of the molecule is CNCCc1ccc(S(=O)(=O)N2CCSC(C)C2C)s1. The van der Waals surface area contributed by atoms with Crippen LogP contribution < -0.4 is 5.32 Å². The van der Waals surface area contributed by atoms with Gasteiger partial charge in [0.15, 0.2) is 0 Å². The van der Waals surface area contributed by atoms with Gasteiger partial charge in [-0.15, -0.1) is 11.3 Å². The van der Waals surface area contributed by atoms with E-state index in [1.54, 1.807) is 10.4 Å². The van der Waals surface area contributed by atoms with Gasteiger partial charge in [-0.3, -0.25) is 0 Å². The standard InChI is InChI=1S/C13H22N2O2S3/c1-10-11(2)18-9-8-15(10)20(16,17)13-5-4-12(19-13)6-7-14-3/h4-5,10-11,14H,6-9H2,1-3H3. The summed E-state index contributed by atoms with van der Waals surface area (Å²) in [5.74, 6) is 0.878. The molecule has 1 aliphatic rings. The lowest BCUT2D eigenvalue weighted by atomic mass is 10.2. The van der Waals surface area contributed by atoms with Crippen LogP contribution in [-0.4, -0.2) is 49.9 Å². The Morgan fingerprint density at radius 2 is 2.15 bits per heavy atom. The molecule has 0 radical (unpaired) electrons. The fraction of sp³-hybridized carbons (Fsp3) is 0.692. The second-order valence-corrected chi connectivity index (χ2v) is 9.78. The second kappa shape index (κ2) is 6.79. The molecule has 114 valence electrons. The number of likely N-dealkylation sites (N-methyl/N-ethyl adjacent to an activating group) is 1. The van der Waals surface area contributed by atoms with Crippen molar-refractivity contribution in [1.29, 1.82) is 0 Å². The molecule has 0 aromatic carbocycles. The van der Waals surface area contributed by atoms with E-state index in [2.05, 4.69) is 12.2 Å². The van der Waals surface area contributed by atoms with E-state index >= 15 is 0 Å². The molecule has 2 heterocycles. The molecule has 0 bridgehead atoms. The van der Waals surface area contributed by atoms with Crippen LogP contribution >= 0.6 is 23.1 Å². The predicted octanol–water partition coefficient (Wildman–Crippen LogP) is 2.02. The van der Waals surface area contributed by atoms with Gasteiger partial charge in [0.2, 0.25) is 0 Å². The molecular weight excluding hydrogens is 312 g/mol. The quantitative estimate of drug-likeness (QED) is 0.895. The van der Waals surface area contributed by atoms with Crippen LogP contribution in [0.1, 0.15) is 18.7 Å². The molecule has 0 aliphatic carbocycles. The highest BCUT2D eigenvalue weighted by Crippen LogP contribution is 2.32. The molecule has 1 aliphatic heterocycles. The fourth-order valence-corrected chi connectivity index (χ4v) is 6.72. The summed E-state index contributed by atoms with van der Waals surface area (Å²) in [5.41, 5.74) is 0. The summed E-state index contributed by atoms with van der Waals surface area (Å²) in [4.78, 5) is 1.12. The number of rotatable bonds is 5. The van der Waals surface area contributed by atoms with E-state index in [-0.39, 0.29) is 6.04 Å². The first kappa shape index (κ1) is 16.3. The monoisotopic (exact) mass is 334 g/mol. The lowest BCUT2D eigenvalue weighted by Crippen LogP contribution is -2.47. The van der Waals surface area contributed by atoms with E-state index in [4.69, 9.17) is 0 Å². The van der Waals surface area contributed by atoms with E-state index in [0.717, 1.165) is 23.6 Å². The lowest BCUT2D eigenvalue weighted by molar-refractivity contribution is 0.341. The summed E-state index contributed by atoms with van der Waals surface area (Å²) in [5, 5.41) is 3.43. The van der Waals surface area contributed by atoms with Gasteiger partial charge in [0.05, 0.1) is 0 Å². The smallest absolute Gasteiger partial charge is 0.252 e. The van der Waals surface area contributed by atoms with Crippen molar-refractivity contribution in [2.75, 3.05) is 25.9 Å². The highest BCUT2D eigenvalue weighted by molar-refractivity contribution is 8.00. The Morgan fingerprint density at radius 3 is 2.85 bits per heavy atom. The van der Waals surface area contributed by atoms with Gasteiger partial charge in [0.1, 0.15) is 4.21 Å². The summed E-state index contributed by atoms with van der Waals surface area (Å²) in [7, 11) is -1.43. The van der Waals surface area contributed by atoms with E-state index in [1.807, 2.05) is 31.8 Å². The van der Waals surface area contributed by atoms with Crippen LogP contribution in [-0.2, 0) is 16.4 Å². The van der Waals surface area contributed by atoms with Gasteiger partial charge in [-0.05, 0) is 39.1 Å². The molecule has 7 heteroatoms. The van der Waals surface area contributed by atoms with E-state index < -0.39 is 10.0 Å². The number of hydrogen-bond donors (Lipinski definition) is 1. The summed E-state index contributed by atoms with van der Waals surface area (Å²) in [6.07, 6.45) is 0.874. The largest absolute Gasteiger partial charge is 0.319 e. The van der Waals surface area contributed by atoms with Crippen LogP contribution in [0.3, 0.4) is 0 Å². The van der Waals surface area contributed by atoms with E-state index in [9.17, 15) is 8.42 Å². The first-order chi connectivity index (χ1) is 9.46. The molecule has 1 aromatic heterocycles. The normalized spacial score (nSPS) is 24.9. The Bertz CT molecular complexity index is 542. The zero-order chi connectivity index (χ0) is 14.8. The van der Waals surface area contributed by atoms with Crippen molar-refractivity contribution in [3.63, 3.8) is 0 Å². The molecule has 0 saturated carbocycles. The molecule has 2 unspecified atom stereocenters. The Hall–Kier alpha value is -0.0800. The average Bonchev–Trinajstić information content (AvgIpc) is 2.89. The Kier molecular flexibility index (Phi) is 5.53. The third-order valence-electron chi connectivity index (χ3n) is 3.65. The second-order valence-electron chi connectivity index (χ2n) is 5.01. The number of hydrogen-bond acceptors (Lipinski definition) is 5. The van der Waals surface area contributed by atoms with Crippen LogP contribution in [0.4, 0.5) is 0 Å². The third-order valence-corrected chi connectivity index (χ3v) is 8.58. The van der Waals surface area contributed by atoms with Gasteiger partial charge in [-0.1, -0.05) is 6.92 Å². The molecular formula is C13H22N2O2S3. The minimum absolute atomic E-state index is 0.0570. The lowest BCUT2D eigenvalue weighted by Gasteiger charge is -2.35. The maximum absolute atomic E-state index is 12.7. The van der Waals surface area contributed by atoms with Crippen LogP contribution in [0.15, 0.2) is 16.3 Å². The van der Waals surface area contributed by atoms with Crippen LogP contribution in [0, 0.1) is 0 Å². The highest BCUT2D eigenvalue weighted by atomic mass is 32.2. The molecule has 2 atom stereocenters. The van der Waals surface area contributed by atoms with Crippen LogP contribution in [0.2, 0.25) is 0 Å². The van der Waals surface area contributed by atoms with Crippen molar-refractivity contribution in [2.45, 2.75) is 35.8 Å². The molecule has 1 fully saturated rings. The average molecular weight is 335 g/mol. The Labute approximate surface area is 130 Å². The number of sulfonamides is 1. The molecule has 2 rings (SSSR count). The number of thioether (sulfide) groups is 1. The van der Waals surface area contributed by atoms with Gasteiger partial charge in [-0.2, -0.15) is 16.1 Å². The number of nitrogens with zero attached hydrogens (tertiary/aromatic N) is 1. The van der Waals surface area contributed by atoms with Crippen molar-refractivity contribution in [2.24, 2.45) is 0 Å². The highest BCUT2D eigenvalue weighted by Gasteiger charge is 2.35. The molecule has 1 aromatic rings. The topological polar surface area (TPSA) is 49.4 Å². The minimum Gasteiger partial charge on any atom is -0.319 e. The van der Waals surface area contributed by atoms with E-state index in [0.29, 0.717) is 16.0 Å². The first-order valence-electron chi connectivity index (χ1n) is 6.83. The first-order valence-corrected chi connectivity index (χ1v) is 10.1. The predicted molar refractivity (Wildman–Crippen MR) is 87.2 cm³/mol. The molecule has 20 heavy (non-hydrogen) atoms. The zero-order valence-electron chi connectivity index (χ0n) is 12.1. The van der Waals surface area contributed by atoms with Crippen LogP contribution in [0.5, 0.6) is 0 Å². The summed E-state index contributed by atoms with van der Waals surface area (Å²) >= 11 is 3.25. The molecule has 0 amide bonds. The van der Waals surface area contributed by atoms with Gasteiger partial charge < -0.3 is 5.32 Å². The third kappa shape index (κ3) is 3.39. The van der Waals surface area contributed by atoms with Crippen molar-refractivity contribution in [1.82, 2.24) is 9.62 Å². The molecule has 1 saturated heterocycles. The molecule has 1 N–H and O–H groups in total. The summed E-state index contributed by atoms with van der Waals surface area (Å²) in [6, 6.07) is 3.74. The van der Waals surface area contributed by atoms with Gasteiger partial charge in [0.25, 0.3) is 10.0 Å². The summed E-state index contributed by atoms with van der Waals surface area (Å²) in [6.45, 7) is 5.59. The zero-order valence-corrected chi connectivity index (χ0v) is 14.6. The fourth-order valence-electron chi connectivity index (χ4n) is 2.24. The van der Waals surface area contributed by atoms with Crippen molar-refractivity contribution in [3.05, 3.63) is 17.0 Å². The Balaban J connectivity index is 2.19. The molecule has 4 nitrogen and oxygen atoms in total. The van der Waals surface area contributed by atoms with Crippen molar-refractivity contribution < 1.29 is 8.42 Å². The molecule has 0 spiro atoms. The maximum atomic E-state index is 12.7. The van der Waals surface area contributed by atoms with Gasteiger partial charge in [0, 0.05) is 28.5 Å². The van der Waals surface area contributed by atoms with Gasteiger partial charge in [-0.25, -0.2) is 8.42 Å².